The Balaban J connectivity index is 1.55. The van der Waals surface area contributed by atoms with Crippen molar-refractivity contribution < 1.29 is 0 Å². The molecular weight excluding hydrogens is 220 g/mol. The largest absolute Gasteiger partial charge is 0.311 e. The van der Waals surface area contributed by atoms with Crippen LogP contribution in [0.25, 0.3) is 0 Å². The summed E-state index contributed by atoms with van der Waals surface area (Å²) in [4.78, 5) is 2.66. The first kappa shape index (κ1) is 12.9. The van der Waals surface area contributed by atoms with Gasteiger partial charge in [0.1, 0.15) is 0 Å². The Morgan fingerprint density at radius 3 is 2.61 bits per heavy atom. The van der Waals surface area contributed by atoms with Gasteiger partial charge in [0, 0.05) is 18.6 Å². The van der Waals surface area contributed by atoms with Crippen molar-refractivity contribution in [2.45, 2.75) is 70.4 Å². The molecule has 1 saturated carbocycles. The molecule has 2 saturated heterocycles. The SMILES string of the molecule is CCC(NC1CCN2CCC1C2)C1CCCCC1. The Morgan fingerprint density at radius 1 is 1.06 bits per heavy atom. The molecule has 4 unspecified atom stereocenters. The number of fused-ring (bicyclic) bond motifs is 2. The van der Waals surface area contributed by atoms with Gasteiger partial charge in [-0.15, -0.1) is 0 Å². The van der Waals surface area contributed by atoms with Gasteiger partial charge in [-0.1, -0.05) is 26.2 Å². The molecule has 0 amide bonds. The number of hydrogen-bond donors (Lipinski definition) is 1. The van der Waals surface area contributed by atoms with Crippen molar-refractivity contribution in [2.24, 2.45) is 11.8 Å². The summed E-state index contributed by atoms with van der Waals surface area (Å²) in [5, 5.41) is 4.08. The van der Waals surface area contributed by atoms with E-state index in [1.165, 1.54) is 71.0 Å². The van der Waals surface area contributed by atoms with Crippen LogP contribution in [-0.2, 0) is 0 Å². The van der Waals surface area contributed by atoms with Crippen LogP contribution in [0.15, 0.2) is 0 Å². The molecule has 0 spiro atoms. The summed E-state index contributed by atoms with van der Waals surface area (Å²) in [7, 11) is 0. The zero-order valence-electron chi connectivity index (χ0n) is 12.0. The van der Waals surface area contributed by atoms with Crippen LogP contribution in [-0.4, -0.2) is 36.6 Å². The van der Waals surface area contributed by atoms with E-state index in [0.717, 1.165) is 23.9 Å². The van der Waals surface area contributed by atoms with Gasteiger partial charge in [-0.2, -0.15) is 0 Å². The standard InChI is InChI=1S/C16H30N2/c1-2-15(13-6-4-3-5-7-13)17-16-9-11-18-10-8-14(16)12-18/h13-17H,2-12H2,1H3. The second-order valence-corrected chi connectivity index (χ2v) is 6.82. The quantitative estimate of drug-likeness (QED) is 0.825. The Kier molecular flexibility index (Phi) is 4.25. The van der Waals surface area contributed by atoms with E-state index >= 15 is 0 Å². The van der Waals surface area contributed by atoms with Gasteiger partial charge in [-0.3, -0.25) is 0 Å². The lowest BCUT2D eigenvalue weighted by Gasteiger charge is -2.38. The molecule has 3 rings (SSSR count). The van der Waals surface area contributed by atoms with E-state index in [9.17, 15) is 0 Å². The summed E-state index contributed by atoms with van der Waals surface area (Å²) in [5.41, 5.74) is 0. The highest BCUT2D eigenvalue weighted by molar-refractivity contribution is 4.93. The Morgan fingerprint density at radius 2 is 1.83 bits per heavy atom. The Labute approximate surface area is 113 Å². The molecule has 4 atom stereocenters. The number of hydrogen-bond acceptors (Lipinski definition) is 2. The van der Waals surface area contributed by atoms with Gasteiger partial charge >= 0.3 is 0 Å². The minimum Gasteiger partial charge on any atom is -0.311 e. The van der Waals surface area contributed by atoms with Crippen LogP contribution in [0.2, 0.25) is 0 Å². The van der Waals surface area contributed by atoms with Crippen molar-refractivity contribution in [3.05, 3.63) is 0 Å². The van der Waals surface area contributed by atoms with Crippen LogP contribution in [0.5, 0.6) is 0 Å². The van der Waals surface area contributed by atoms with Crippen LogP contribution in [0.1, 0.15) is 58.3 Å². The third-order valence-electron chi connectivity index (χ3n) is 5.72. The van der Waals surface area contributed by atoms with Crippen molar-refractivity contribution in [2.75, 3.05) is 19.6 Å². The van der Waals surface area contributed by atoms with E-state index in [2.05, 4.69) is 17.1 Å². The minimum absolute atomic E-state index is 0.808. The van der Waals surface area contributed by atoms with Crippen molar-refractivity contribution in [1.29, 1.82) is 0 Å². The first-order chi connectivity index (χ1) is 8.86. The number of rotatable bonds is 4. The fourth-order valence-corrected chi connectivity index (χ4v) is 4.57. The second-order valence-electron chi connectivity index (χ2n) is 6.82. The van der Waals surface area contributed by atoms with Gasteiger partial charge in [-0.05, 0) is 57.0 Å². The predicted molar refractivity (Wildman–Crippen MR) is 76.7 cm³/mol. The van der Waals surface area contributed by atoms with Gasteiger partial charge < -0.3 is 10.2 Å². The maximum atomic E-state index is 4.08. The van der Waals surface area contributed by atoms with Crippen LogP contribution < -0.4 is 5.32 Å². The lowest BCUT2D eigenvalue weighted by molar-refractivity contribution is 0.177. The highest BCUT2D eigenvalue weighted by atomic mass is 15.2. The highest BCUT2D eigenvalue weighted by Gasteiger charge is 2.36. The Hall–Kier alpha value is -0.0800. The maximum absolute atomic E-state index is 4.08. The van der Waals surface area contributed by atoms with E-state index < -0.39 is 0 Å². The number of nitrogens with one attached hydrogen (secondary N) is 1. The molecule has 0 radical (unpaired) electrons. The average molecular weight is 250 g/mol. The van der Waals surface area contributed by atoms with Crippen LogP contribution >= 0.6 is 0 Å². The summed E-state index contributed by atoms with van der Waals surface area (Å²) in [5.74, 6) is 1.93. The first-order valence-corrected chi connectivity index (χ1v) is 8.35. The molecule has 3 aliphatic rings. The first-order valence-electron chi connectivity index (χ1n) is 8.35. The summed E-state index contributed by atoms with van der Waals surface area (Å²) >= 11 is 0. The third kappa shape index (κ3) is 2.75. The highest BCUT2D eigenvalue weighted by Crippen LogP contribution is 2.31. The van der Waals surface area contributed by atoms with Crippen molar-refractivity contribution in [1.82, 2.24) is 10.2 Å². The molecule has 0 aromatic carbocycles. The zero-order chi connectivity index (χ0) is 12.4. The number of nitrogens with zero attached hydrogens (tertiary/aromatic N) is 1. The third-order valence-corrected chi connectivity index (χ3v) is 5.72. The molecule has 1 N–H and O–H groups in total. The smallest absolute Gasteiger partial charge is 0.0123 e. The molecule has 2 heteroatoms. The monoisotopic (exact) mass is 250 g/mol. The second kappa shape index (κ2) is 5.92. The van der Waals surface area contributed by atoms with Crippen molar-refractivity contribution in [3.8, 4) is 0 Å². The van der Waals surface area contributed by atoms with E-state index in [1.807, 2.05) is 0 Å². The normalized spacial score (nSPS) is 38.8. The fourth-order valence-electron chi connectivity index (χ4n) is 4.57. The van der Waals surface area contributed by atoms with Crippen LogP contribution in [0.3, 0.4) is 0 Å². The molecule has 2 nitrogen and oxygen atoms in total. The lowest BCUT2D eigenvalue weighted by atomic mass is 9.81. The molecule has 104 valence electrons. The van der Waals surface area contributed by atoms with E-state index in [0.29, 0.717) is 0 Å². The van der Waals surface area contributed by atoms with Crippen molar-refractivity contribution in [3.63, 3.8) is 0 Å². The Bertz CT molecular complexity index is 260. The lowest BCUT2D eigenvalue weighted by Crippen LogP contribution is -2.50. The number of piperidine rings is 1. The summed E-state index contributed by atoms with van der Waals surface area (Å²) in [6.45, 7) is 6.47. The summed E-state index contributed by atoms with van der Waals surface area (Å²) in [6.07, 6.45) is 11.6. The van der Waals surface area contributed by atoms with Gasteiger partial charge in [0.15, 0.2) is 0 Å². The van der Waals surface area contributed by atoms with Gasteiger partial charge in [-0.25, -0.2) is 0 Å². The topological polar surface area (TPSA) is 15.3 Å². The molecule has 0 aromatic rings. The molecule has 0 aromatic heterocycles. The molecule has 2 heterocycles. The van der Waals surface area contributed by atoms with Crippen LogP contribution in [0, 0.1) is 11.8 Å². The molecular formula is C16H30N2. The van der Waals surface area contributed by atoms with Gasteiger partial charge in [0.05, 0.1) is 0 Å². The van der Waals surface area contributed by atoms with Crippen molar-refractivity contribution >= 4 is 0 Å². The average Bonchev–Trinajstić information content (AvgIpc) is 2.82. The minimum atomic E-state index is 0.808. The molecule has 3 fully saturated rings. The summed E-state index contributed by atoms with van der Waals surface area (Å²) in [6, 6.07) is 1.64. The van der Waals surface area contributed by atoms with E-state index in [4.69, 9.17) is 0 Å². The molecule has 1 aliphatic carbocycles. The molecule has 18 heavy (non-hydrogen) atoms. The zero-order valence-corrected chi connectivity index (χ0v) is 12.0. The van der Waals surface area contributed by atoms with E-state index in [-0.39, 0.29) is 0 Å². The molecule has 2 aliphatic heterocycles. The maximum Gasteiger partial charge on any atom is 0.0123 e. The predicted octanol–water partition coefficient (Wildman–Crippen LogP) is 3.03. The summed E-state index contributed by atoms with van der Waals surface area (Å²) < 4.78 is 0. The fraction of sp³-hybridized carbons (Fsp3) is 1.00. The molecule has 2 bridgehead atoms. The van der Waals surface area contributed by atoms with Gasteiger partial charge in [0.25, 0.3) is 0 Å². The van der Waals surface area contributed by atoms with Gasteiger partial charge in [0.2, 0.25) is 0 Å². The van der Waals surface area contributed by atoms with Crippen LogP contribution in [0.4, 0.5) is 0 Å². The van der Waals surface area contributed by atoms with E-state index in [1.54, 1.807) is 0 Å².